The van der Waals surface area contributed by atoms with E-state index in [4.69, 9.17) is 28.0 Å². The Labute approximate surface area is 147 Å². The Morgan fingerprint density at radius 3 is 1.57 bits per heavy atom. The molecular weight excluding hydrogens is 287 g/mol. The second-order valence-electron chi connectivity index (χ2n) is 4.44. The van der Waals surface area contributed by atoms with Crippen LogP contribution in [0.1, 0.15) is 38.5 Å². The Hall–Kier alpha value is -0.220. The number of hydrogen-bond donors (Lipinski definition) is 5. The molecule has 21 heavy (non-hydrogen) atoms. The molecule has 9 N–H and O–H groups in total. The van der Waals surface area contributed by atoms with Gasteiger partial charge in [-0.1, -0.05) is 12.8 Å². The van der Waals surface area contributed by atoms with Gasteiger partial charge in [-0.2, -0.15) is 0 Å². The van der Waals surface area contributed by atoms with Crippen LogP contribution in [0.25, 0.3) is 0 Å². The van der Waals surface area contributed by atoms with Gasteiger partial charge in [0.05, 0.1) is 5.97 Å². The molecule has 0 saturated heterocycles. The number of unbranched alkanes of at least 4 members (excludes halogenated alkanes) is 2. The van der Waals surface area contributed by atoms with Crippen LogP contribution in [0.15, 0.2) is 0 Å². The first-order valence-corrected chi connectivity index (χ1v) is 6.71. The van der Waals surface area contributed by atoms with Crippen LogP contribution >= 0.6 is 0 Å². The smallest absolute Gasteiger partial charge is 0.548 e. The van der Waals surface area contributed by atoms with Gasteiger partial charge >= 0.3 is 35.5 Å². The molecule has 0 aliphatic heterocycles. The van der Waals surface area contributed by atoms with Crippen LogP contribution in [-0.4, -0.2) is 42.2 Å². The molecule has 0 bridgehead atoms. The monoisotopic (exact) mass is 314 g/mol. The largest absolute Gasteiger partial charge is 1.00 e. The number of nitrogens with two attached hydrogens (primary N) is 4. The van der Waals surface area contributed by atoms with Gasteiger partial charge in [-0.15, -0.1) is 0 Å². The summed E-state index contributed by atoms with van der Waals surface area (Å²) in [5.74, 6) is -2.12. The molecule has 0 aromatic heterocycles. The summed E-state index contributed by atoms with van der Waals surface area (Å²) in [6.07, 6.45) is 4.20. The maximum Gasteiger partial charge on any atom is 1.00 e. The first kappa shape index (κ1) is 25.7. The molecule has 0 saturated carbocycles. The molecule has 0 radical (unpaired) electrons. The summed E-state index contributed by atoms with van der Waals surface area (Å²) < 4.78 is 0. The minimum Gasteiger partial charge on any atom is -0.548 e. The van der Waals surface area contributed by atoms with Crippen LogP contribution in [0.4, 0.5) is 0 Å². The SMILES string of the molecule is NCCCC[C@H](N)C(=O)O.NCCCC[C@H](N)C(=O)[O-].[Na+]. The van der Waals surface area contributed by atoms with Crippen molar-refractivity contribution in [1.82, 2.24) is 0 Å². The van der Waals surface area contributed by atoms with E-state index in [0.717, 1.165) is 25.7 Å². The van der Waals surface area contributed by atoms with Gasteiger partial charge in [-0.05, 0) is 38.8 Å². The molecule has 0 aromatic rings. The zero-order valence-electron chi connectivity index (χ0n) is 12.8. The second-order valence-corrected chi connectivity index (χ2v) is 4.44. The van der Waals surface area contributed by atoms with E-state index in [0.29, 0.717) is 25.9 Å². The Bertz CT molecular complexity index is 244. The Balaban J connectivity index is -0.000000295. The van der Waals surface area contributed by atoms with Crippen LogP contribution in [0.5, 0.6) is 0 Å². The van der Waals surface area contributed by atoms with Gasteiger partial charge in [0.2, 0.25) is 0 Å². The third-order valence-corrected chi connectivity index (χ3v) is 2.56. The number of carbonyl (C=O) groups excluding carboxylic acids is 1. The molecule has 0 amide bonds. The van der Waals surface area contributed by atoms with Crippen LogP contribution < -0.4 is 57.6 Å². The van der Waals surface area contributed by atoms with Gasteiger partial charge in [-0.25, -0.2) is 0 Å². The normalized spacial score (nSPS) is 12.4. The first-order valence-electron chi connectivity index (χ1n) is 6.71. The van der Waals surface area contributed by atoms with E-state index in [1.807, 2.05) is 0 Å². The van der Waals surface area contributed by atoms with Crippen LogP contribution in [0, 0.1) is 0 Å². The summed E-state index contributed by atoms with van der Waals surface area (Å²) in [4.78, 5) is 20.2. The molecule has 0 aromatic carbocycles. The molecule has 0 spiro atoms. The van der Waals surface area contributed by atoms with E-state index >= 15 is 0 Å². The van der Waals surface area contributed by atoms with E-state index in [-0.39, 0.29) is 29.6 Å². The molecular formula is C12H27N4NaO4. The van der Waals surface area contributed by atoms with Crippen molar-refractivity contribution in [3.63, 3.8) is 0 Å². The third-order valence-electron chi connectivity index (χ3n) is 2.56. The molecule has 0 unspecified atom stereocenters. The number of aliphatic carboxylic acids is 2. The minimum atomic E-state index is -1.18. The number of hydrogen-bond acceptors (Lipinski definition) is 7. The first-order chi connectivity index (χ1) is 9.36. The van der Waals surface area contributed by atoms with E-state index in [2.05, 4.69) is 0 Å². The molecule has 0 fully saturated rings. The third kappa shape index (κ3) is 19.8. The molecule has 0 aliphatic carbocycles. The number of carbonyl (C=O) groups is 2. The molecule has 0 rings (SSSR count). The topological polar surface area (TPSA) is 182 Å². The summed E-state index contributed by atoms with van der Waals surface area (Å²) in [6.45, 7) is 1.19. The van der Waals surface area contributed by atoms with Crippen molar-refractivity contribution in [1.29, 1.82) is 0 Å². The summed E-state index contributed by atoms with van der Waals surface area (Å²) in [7, 11) is 0. The molecule has 2 atom stereocenters. The summed E-state index contributed by atoms with van der Waals surface area (Å²) in [6, 6.07) is -1.54. The Kier molecular flexibility index (Phi) is 21.8. The van der Waals surface area contributed by atoms with Crippen LogP contribution in [0.2, 0.25) is 0 Å². The summed E-state index contributed by atoms with van der Waals surface area (Å²) in [5, 5.41) is 18.4. The van der Waals surface area contributed by atoms with Crippen molar-refractivity contribution >= 4 is 11.9 Å². The minimum absolute atomic E-state index is 0. The van der Waals surface area contributed by atoms with E-state index in [1.165, 1.54) is 0 Å². The maximum absolute atomic E-state index is 10.1. The van der Waals surface area contributed by atoms with Gasteiger partial charge in [0.15, 0.2) is 0 Å². The van der Waals surface area contributed by atoms with Crippen molar-refractivity contribution in [2.24, 2.45) is 22.9 Å². The predicted octanol–water partition coefficient (Wildman–Crippen LogP) is -5.28. The number of carboxylic acids is 2. The van der Waals surface area contributed by atoms with Crippen LogP contribution in [-0.2, 0) is 9.59 Å². The van der Waals surface area contributed by atoms with Gasteiger partial charge in [0, 0.05) is 6.04 Å². The maximum atomic E-state index is 10.1. The fourth-order valence-corrected chi connectivity index (χ4v) is 1.26. The zero-order valence-corrected chi connectivity index (χ0v) is 14.8. The fourth-order valence-electron chi connectivity index (χ4n) is 1.26. The van der Waals surface area contributed by atoms with Crippen molar-refractivity contribution in [3.05, 3.63) is 0 Å². The number of carboxylic acid groups (broad SMARTS) is 2. The molecule has 8 nitrogen and oxygen atoms in total. The fraction of sp³-hybridized carbons (Fsp3) is 0.833. The Morgan fingerprint density at radius 2 is 1.29 bits per heavy atom. The van der Waals surface area contributed by atoms with Gasteiger partial charge in [-0.3, -0.25) is 4.79 Å². The quantitative estimate of drug-likeness (QED) is 0.196. The molecule has 120 valence electrons. The molecule has 9 heteroatoms. The van der Waals surface area contributed by atoms with Crippen molar-refractivity contribution in [3.8, 4) is 0 Å². The zero-order chi connectivity index (χ0) is 16.0. The number of rotatable bonds is 10. The average molecular weight is 314 g/mol. The van der Waals surface area contributed by atoms with Crippen molar-refractivity contribution in [2.45, 2.75) is 50.6 Å². The van der Waals surface area contributed by atoms with Gasteiger partial charge < -0.3 is 37.9 Å². The molecule has 0 aliphatic rings. The Morgan fingerprint density at radius 1 is 0.905 bits per heavy atom. The van der Waals surface area contributed by atoms with Crippen molar-refractivity contribution in [2.75, 3.05) is 13.1 Å². The van der Waals surface area contributed by atoms with Gasteiger partial charge in [0.1, 0.15) is 6.04 Å². The van der Waals surface area contributed by atoms with Crippen LogP contribution in [0.3, 0.4) is 0 Å². The van der Waals surface area contributed by atoms with E-state index in [1.54, 1.807) is 0 Å². The molecule has 0 heterocycles. The summed E-state index contributed by atoms with van der Waals surface area (Å²) >= 11 is 0. The second kappa shape index (κ2) is 17.8. The van der Waals surface area contributed by atoms with Gasteiger partial charge in [0.25, 0.3) is 0 Å². The summed E-state index contributed by atoms with van der Waals surface area (Å²) in [5.41, 5.74) is 20.8. The average Bonchev–Trinajstić information content (AvgIpc) is 2.39. The van der Waals surface area contributed by atoms with E-state index < -0.39 is 24.0 Å². The van der Waals surface area contributed by atoms with E-state index in [9.17, 15) is 14.7 Å². The standard InChI is InChI=1S/2C6H14N2O2.Na/c2*7-4-2-1-3-5(8)6(9)10;/h2*5H,1-4,7-8H2,(H,9,10);/q;;+1/p-1/t2*5-;/m00./s1. The predicted molar refractivity (Wildman–Crippen MR) is 74.4 cm³/mol. The van der Waals surface area contributed by atoms with Crippen molar-refractivity contribution < 1.29 is 49.4 Å².